The van der Waals surface area contributed by atoms with E-state index in [1.165, 1.54) is 6.07 Å². The van der Waals surface area contributed by atoms with Crippen molar-refractivity contribution in [2.75, 3.05) is 7.05 Å². The van der Waals surface area contributed by atoms with Crippen LogP contribution in [0.25, 0.3) is 0 Å². The number of nitrogens with zero attached hydrogens (tertiary/aromatic N) is 2. The van der Waals surface area contributed by atoms with E-state index in [1.807, 2.05) is 19.2 Å². The molecular formula is C14H15N3O3. The summed E-state index contributed by atoms with van der Waals surface area (Å²) in [7, 11) is 1.82. The van der Waals surface area contributed by atoms with Crippen LogP contribution in [0.2, 0.25) is 0 Å². The molecule has 0 aliphatic heterocycles. The molecule has 0 radical (unpaired) electrons. The van der Waals surface area contributed by atoms with Crippen molar-refractivity contribution in [2.24, 2.45) is 0 Å². The van der Waals surface area contributed by atoms with E-state index in [0.717, 1.165) is 11.3 Å². The lowest BCUT2D eigenvalue weighted by Crippen LogP contribution is -2.06. The van der Waals surface area contributed by atoms with E-state index in [0.29, 0.717) is 6.54 Å². The Hall–Kier alpha value is -2.47. The minimum Gasteiger partial charge on any atom is -0.480 e. The van der Waals surface area contributed by atoms with E-state index in [9.17, 15) is 10.1 Å². The van der Waals surface area contributed by atoms with Gasteiger partial charge in [0.05, 0.1) is 10.6 Å². The molecule has 2 rings (SSSR count). The van der Waals surface area contributed by atoms with Crippen LogP contribution >= 0.6 is 0 Å². The second kappa shape index (κ2) is 6.63. The molecule has 0 saturated heterocycles. The second-order valence-electron chi connectivity index (χ2n) is 4.20. The predicted molar refractivity (Wildman–Crippen MR) is 74.4 cm³/mol. The van der Waals surface area contributed by atoms with Crippen LogP contribution in [0.3, 0.4) is 0 Å². The van der Waals surface area contributed by atoms with Gasteiger partial charge in [-0.1, -0.05) is 12.1 Å². The van der Waals surface area contributed by atoms with Crippen molar-refractivity contribution in [3.05, 3.63) is 64.0 Å². The zero-order valence-corrected chi connectivity index (χ0v) is 11.1. The number of nitro groups is 1. The standard InChI is InChI=1S/C14H15N3O3/c1-15-9-11-5-6-13(17(18)19)14(8-11)20-10-12-4-2-3-7-16-12/h2-8,15H,9-10H2,1H3. The van der Waals surface area contributed by atoms with Gasteiger partial charge in [0.2, 0.25) is 0 Å². The van der Waals surface area contributed by atoms with Gasteiger partial charge in [0.25, 0.3) is 0 Å². The molecule has 20 heavy (non-hydrogen) atoms. The fourth-order valence-electron chi connectivity index (χ4n) is 1.77. The first-order valence-electron chi connectivity index (χ1n) is 6.15. The normalized spacial score (nSPS) is 10.2. The molecule has 0 saturated carbocycles. The van der Waals surface area contributed by atoms with Crippen LogP contribution in [0.5, 0.6) is 5.75 Å². The van der Waals surface area contributed by atoms with Crippen LogP contribution in [-0.2, 0) is 13.2 Å². The van der Waals surface area contributed by atoms with E-state index in [2.05, 4.69) is 10.3 Å². The lowest BCUT2D eigenvalue weighted by Gasteiger charge is -2.08. The average Bonchev–Trinajstić information content (AvgIpc) is 2.46. The number of pyridine rings is 1. The summed E-state index contributed by atoms with van der Waals surface area (Å²) < 4.78 is 5.54. The lowest BCUT2D eigenvalue weighted by molar-refractivity contribution is -0.386. The molecule has 0 fully saturated rings. The number of nitrogens with one attached hydrogen (secondary N) is 1. The fourth-order valence-corrected chi connectivity index (χ4v) is 1.77. The van der Waals surface area contributed by atoms with Gasteiger partial charge in [-0.25, -0.2) is 0 Å². The molecule has 0 atom stereocenters. The Morgan fingerprint density at radius 2 is 2.20 bits per heavy atom. The van der Waals surface area contributed by atoms with E-state index < -0.39 is 4.92 Å². The first kappa shape index (κ1) is 14.0. The van der Waals surface area contributed by atoms with Crippen LogP contribution in [0.15, 0.2) is 42.6 Å². The van der Waals surface area contributed by atoms with Gasteiger partial charge >= 0.3 is 5.69 Å². The highest BCUT2D eigenvalue weighted by atomic mass is 16.6. The molecule has 1 aromatic heterocycles. The summed E-state index contributed by atoms with van der Waals surface area (Å²) in [6, 6.07) is 10.3. The van der Waals surface area contributed by atoms with Crippen molar-refractivity contribution in [2.45, 2.75) is 13.2 Å². The first-order chi connectivity index (χ1) is 9.70. The third-order valence-electron chi connectivity index (χ3n) is 2.70. The molecule has 1 N–H and O–H groups in total. The molecule has 104 valence electrons. The van der Waals surface area contributed by atoms with Gasteiger partial charge in [0.1, 0.15) is 6.61 Å². The minimum atomic E-state index is -0.448. The molecular weight excluding hydrogens is 258 g/mol. The van der Waals surface area contributed by atoms with E-state index >= 15 is 0 Å². The molecule has 2 aromatic rings. The van der Waals surface area contributed by atoms with E-state index in [1.54, 1.807) is 24.4 Å². The summed E-state index contributed by atoms with van der Waals surface area (Å²) in [6.07, 6.45) is 1.66. The molecule has 0 aliphatic carbocycles. The molecule has 6 nitrogen and oxygen atoms in total. The maximum absolute atomic E-state index is 11.0. The van der Waals surface area contributed by atoms with Gasteiger partial charge in [-0.2, -0.15) is 0 Å². The van der Waals surface area contributed by atoms with Gasteiger partial charge in [-0.15, -0.1) is 0 Å². The Bertz CT molecular complexity index is 587. The molecule has 6 heteroatoms. The largest absolute Gasteiger partial charge is 0.480 e. The Labute approximate surface area is 116 Å². The van der Waals surface area contributed by atoms with Crippen molar-refractivity contribution < 1.29 is 9.66 Å². The number of benzene rings is 1. The summed E-state index contributed by atoms with van der Waals surface area (Å²) in [5.74, 6) is 0.258. The Morgan fingerprint density at radius 1 is 1.35 bits per heavy atom. The summed E-state index contributed by atoms with van der Waals surface area (Å²) in [5, 5.41) is 14.0. The molecule has 0 unspecified atom stereocenters. The SMILES string of the molecule is CNCc1ccc([N+](=O)[O-])c(OCc2ccccn2)c1. The van der Waals surface area contributed by atoms with Crippen LogP contribution in [-0.4, -0.2) is 17.0 Å². The third kappa shape index (κ3) is 3.52. The van der Waals surface area contributed by atoms with Crippen molar-refractivity contribution >= 4 is 5.69 Å². The first-order valence-corrected chi connectivity index (χ1v) is 6.15. The van der Waals surface area contributed by atoms with Crippen LogP contribution in [0.1, 0.15) is 11.3 Å². The van der Waals surface area contributed by atoms with E-state index in [-0.39, 0.29) is 18.0 Å². The summed E-state index contributed by atoms with van der Waals surface area (Å²) in [5.41, 5.74) is 1.61. The van der Waals surface area contributed by atoms with Gasteiger partial charge < -0.3 is 10.1 Å². The number of rotatable bonds is 6. The maximum atomic E-state index is 11.0. The fraction of sp³-hybridized carbons (Fsp3) is 0.214. The zero-order valence-electron chi connectivity index (χ0n) is 11.1. The summed E-state index contributed by atoms with van der Waals surface area (Å²) >= 11 is 0. The summed E-state index contributed by atoms with van der Waals surface area (Å²) in [6.45, 7) is 0.822. The minimum absolute atomic E-state index is 0.0409. The maximum Gasteiger partial charge on any atom is 0.310 e. The lowest BCUT2D eigenvalue weighted by atomic mass is 10.2. The molecule has 0 bridgehead atoms. The van der Waals surface area contributed by atoms with Gasteiger partial charge in [-0.05, 0) is 30.8 Å². The number of hydrogen-bond donors (Lipinski definition) is 1. The molecule has 1 aromatic carbocycles. The zero-order chi connectivity index (χ0) is 14.4. The van der Waals surface area contributed by atoms with Gasteiger partial charge in [0, 0.05) is 18.8 Å². The number of ether oxygens (including phenoxy) is 1. The Kier molecular flexibility index (Phi) is 4.62. The summed E-state index contributed by atoms with van der Waals surface area (Å²) in [4.78, 5) is 14.7. The highest BCUT2D eigenvalue weighted by molar-refractivity contribution is 5.48. The molecule has 0 amide bonds. The number of hydrogen-bond acceptors (Lipinski definition) is 5. The monoisotopic (exact) mass is 273 g/mol. The molecule has 0 spiro atoms. The molecule has 1 heterocycles. The third-order valence-corrected chi connectivity index (χ3v) is 2.70. The van der Waals surface area contributed by atoms with Crippen molar-refractivity contribution in [1.82, 2.24) is 10.3 Å². The van der Waals surface area contributed by atoms with Crippen molar-refractivity contribution in [3.63, 3.8) is 0 Å². The van der Waals surface area contributed by atoms with E-state index in [4.69, 9.17) is 4.74 Å². The highest BCUT2D eigenvalue weighted by Crippen LogP contribution is 2.28. The highest BCUT2D eigenvalue weighted by Gasteiger charge is 2.15. The van der Waals surface area contributed by atoms with Crippen molar-refractivity contribution in [1.29, 1.82) is 0 Å². The quantitative estimate of drug-likeness (QED) is 0.645. The van der Waals surface area contributed by atoms with Crippen LogP contribution in [0.4, 0.5) is 5.69 Å². The average molecular weight is 273 g/mol. The van der Waals surface area contributed by atoms with Gasteiger partial charge in [-0.3, -0.25) is 15.1 Å². The van der Waals surface area contributed by atoms with Crippen LogP contribution in [0, 0.1) is 10.1 Å². The van der Waals surface area contributed by atoms with Gasteiger partial charge in [0.15, 0.2) is 5.75 Å². The topological polar surface area (TPSA) is 77.3 Å². The smallest absolute Gasteiger partial charge is 0.310 e. The van der Waals surface area contributed by atoms with Crippen LogP contribution < -0.4 is 10.1 Å². The number of nitro benzene ring substituents is 1. The van der Waals surface area contributed by atoms with Crippen molar-refractivity contribution in [3.8, 4) is 5.75 Å². The molecule has 0 aliphatic rings. The second-order valence-corrected chi connectivity index (χ2v) is 4.20. The Balaban J connectivity index is 2.19. The predicted octanol–water partition coefficient (Wildman–Crippen LogP) is 2.29. The Morgan fingerprint density at radius 3 is 2.85 bits per heavy atom. The number of aromatic nitrogens is 1.